The Hall–Kier alpha value is -1.85. The first kappa shape index (κ1) is 11.3. The summed E-state index contributed by atoms with van der Waals surface area (Å²) in [7, 11) is 0. The average Bonchev–Trinajstić information content (AvgIpc) is 2.82. The number of rotatable bonds is 2. The lowest BCUT2D eigenvalue weighted by Crippen LogP contribution is -2.03. The lowest BCUT2D eigenvalue weighted by molar-refractivity contribution is 0.597. The first-order valence-electron chi connectivity index (χ1n) is 5.49. The molecule has 0 amide bonds. The minimum absolute atomic E-state index is 0.552. The number of fused-ring (bicyclic) bond motifs is 1. The standard InChI is InChI=1S/C13H11N3OS/c1-18(17)13-9(5-4-8-14-13)12-15-10-6-2-3-7-11(10)16-12/h2-8H,1H3,(H,15,16). The molecule has 1 aromatic carbocycles. The van der Waals surface area contributed by atoms with Gasteiger partial charge in [0.15, 0.2) is 0 Å². The van der Waals surface area contributed by atoms with Crippen LogP contribution in [0.3, 0.4) is 0 Å². The molecule has 0 aliphatic carbocycles. The predicted molar refractivity (Wildman–Crippen MR) is 71.7 cm³/mol. The number of para-hydroxylation sites is 2. The van der Waals surface area contributed by atoms with Crippen LogP contribution in [0.25, 0.3) is 22.4 Å². The van der Waals surface area contributed by atoms with Crippen molar-refractivity contribution in [2.45, 2.75) is 5.03 Å². The summed E-state index contributed by atoms with van der Waals surface area (Å²) in [6.07, 6.45) is 3.26. The number of hydrogen-bond donors (Lipinski definition) is 1. The van der Waals surface area contributed by atoms with Crippen molar-refractivity contribution >= 4 is 22.2 Å². The maximum absolute atomic E-state index is 11.7. The molecule has 2 aromatic heterocycles. The van der Waals surface area contributed by atoms with E-state index in [9.17, 15) is 4.55 Å². The summed E-state index contributed by atoms with van der Waals surface area (Å²) in [5.74, 6) is 0.703. The van der Waals surface area contributed by atoms with Gasteiger partial charge in [0.2, 0.25) is 0 Å². The number of aromatic nitrogens is 3. The molecule has 0 saturated carbocycles. The molecule has 0 spiro atoms. The van der Waals surface area contributed by atoms with Crippen LogP contribution >= 0.6 is 0 Å². The number of hydrogen-bond acceptors (Lipinski definition) is 3. The molecule has 1 N–H and O–H groups in total. The number of aromatic amines is 1. The fourth-order valence-electron chi connectivity index (χ4n) is 1.88. The van der Waals surface area contributed by atoms with Gasteiger partial charge in [-0.15, -0.1) is 0 Å². The van der Waals surface area contributed by atoms with E-state index < -0.39 is 11.2 Å². The van der Waals surface area contributed by atoms with Crippen LogP contribution in [-0.2, 0) is 11.2 Å². The number of imidazole rings is 1. The molecule has 18 heavy (non-hydrogen) atoms. The van der Waals surface area contributed by atoms with Crippen LogP contribution in [0.4, 0.5) is 0 Å². The van der Waals surface area contributed by atoms with Crippen LogP contribution in [0.1, 0.15) is 0 Å². The van der Waals surface area contributed by atoms with E-state index in [1.54, 1.807) is 12.5 Å². The van der Waals surface area contributed by atoms with Crippen LogP contribution in [0, 0.1) is 0 Å². The third kappa shape index (κ3) is 1.87. The van der Waals surface area contributed by atoms with E-state index in [-0.39, 0.29) is 0 Å². The van der Waals surface area contributed by atoms with Crippen LogP contribution < -0.4 is 0 Å². The molecule has 2 heterocycles. The van der Waals surface area contributed by atoms with E-state index in [4.69, 9.17) is 0 Å². The highest BCUT2D eigenvalue weighted by atomic mass is 32.2. The average molecular weight is 257 g/mol. The van der Waals surface area contributed by atoms with Gasteiger partial charge in [-0.2, -0.15) is 0 Å². The largest absolute Gasteiger partial charge is 0.610 e. The van der Waals surface area contributed by atoms with Crippen LogP contribution in [-0.4, -0.2) is 25.8 Å². The molecule has 0 bridgehead atoms. The molecule has 90 valence electrons. The van der Waals surface area contributed by atoms with Gasteiger partial charge in [0.25, 0.3) is 5.03 Å². The van der Waals surface area contributed by atoms with E-state index in [2.05, 4.69) is 15.0 Å². The maximum Gasteiger partial charge on any atom is 0.255 e. The highest BCUT2D eigenvalue weighted by Crippen LogP contribution is 2.25. The second kappa shape index (κ2) is 4.44. The van der Waals surface area contributed by atoms with Crippen molar-refractivity contribution in [3.63, 3.8) is 0 Å². The normalized spacial score (nSPS) is 12.8. The fraction of sp³-hybridized carbons (Fsp3) is 0.0769. The molecular weight excluding hydrogens is 246 g/mol. The van der Waals surface area contributed by atoms with Gasteiger partial charge in [0, 0.05) is 17.4 Å². The Morgan fingerprint density at radius 1 is 1.17 bits per heavy atom. The second-order valence-corrected chi connectivity index (χ2v) is 5.21. The van der Waals surface area contributed by atoms with Crippen molar-refractivity contribution in [1.82, 2.24) is 15.0 Å². The van der Waals surface area contributed by atoms with Gasteiger partial charge in [0.1, 0.15) is 12.1 Å². The third-order valence-electron chi connectivity index (χ3n) is 2.69. The maximum atomic E-state index is 11.7. The quantitative estimate of drug-likeness (QED) is 0.717. The number of nitrogens with one attached hydrogen (secondary N) is 1. The number of benzene rings is 1. The molecule has 1 unspecified atom stereocenters. The first-order chi connectivity index (χ1) is 8.75. The van der Waals surface area contributed by atoms with E-state index in [0.29, 0.717) is 10.9 Å². The zero-order chi connectivity index (χ0) is 12.5. The van der Waals surface area contributed by atoms with Gasteiger partial charge in [-0.05, 0) is 24.3 Å². The Labute approximate surface area is 107 Å². The minimum atomic E-state index is -1.13. The van der Waals surface area contributed by atoms with E-state index in [0.717, 1.165) is 16.6 Å². The van der Waals surface area contributed by atoms with Gasteiger partial charge in [-0.1, -0.05) is 12.1 Å². The summed E-state index contributed by atoms with van der Waals surface area (Å²) < 4.78 is 11.7. The zero-order valence-electron chi connectivity index (χ0n) is 9.75. The van der Waals surface area contributed by atoms with Crippen molar-refractivity contribution in [3.05, 3.63) is 42.6 Å². The Balaban J connectivity index is 2.20. The molecule has 3 rings (SSSR count). The van der Waals surface area contributed by atoms with Gasteiger partial charge >= 0.3 is 0 Å². The van der Waals surface area contributed by atoms with Crippen molar-refractivity contribution in [2.75, 3.05) is 6.26 Å². The number of H-pyrrole nitrogens is 1. The van der Waals surface area contributed by atoms with Crippen molar-refractivity contribution in [1.29, 1.82) is 0 Å². The van der Waals surface area contributed by atoms with E-state index >= 15 is 0 Å². The van der Waals surface area contributed by atoms with Crippen molar-refractivity contribution in [3.8, 4) is 11.4 Å². The molecule has 0 radical (unpaired) electrons. The highest BCUT2D eigenvalue weighted by molar-refractivity contribution is 7.90. The lowest BCUT2D eigenvalue weighted by atomic mass is 10.3. The summed E-state index contributed by atoms with van der Waals surface area (Å²) in [6, 6.07) is 11.5. The summed E-state index contributed by atoms with van der Waals surface area (Å²) in [5.41, 5.74) is 2.64. The third-order valence-corrected chi connectivity index (χ3v) is 3.56. The molecular formula is C13H11N3OS. The molecule has 0 aliphatic rings. The fourth-order valence-corrected chi connectivity index (χ4v) is 2.56. The molecule has 0 saturated heterocycles. The highest BCUT2D eigenvalue weighted by Gasteiger charge is 2.17. The lowest BCUT2D eigenvalue weighted by Gasteiger charge is -2.06. The molecule has 4 nitrogen and oxygen atoms in total. The Morgan fingerprint density at radius 2 is 2.00 bits per heavy atom. The smallest absolute Gasteiger partial charge is 0.255 e. The van der Waals surface area contributed by atoms with Gasteiger partial charge in [-0.25, -0.2) is 9.97 Å². The summed E-state index contributed by atoms with van der Waals surface area (Å²) >= 11 is -1.13. The summed E-state index contributed by atoms with van der Waals surface area (Å²) in [6.45, 7) is 0. The topological polar surface area (TPSA) is 64.6 Å². The Bertz CT molecular complexity index is 660. The first-order valence-corrected chi connectivity index (χ1v) is 7.05. The molecule has 5 heteroatoms. The SMILES string of the molecule is C[S+]([O-])c1ncccc1-c1nc2ccccc2[nH]1. The van der Waals surface area contributed by atoms with Crippen LogP contribution in [0.2, 0.25) is 0 Å². The van der Waals surface area contributed by atoms with Gasteiger partial charge in [0.05, 0.1) is 16.6 Å². The molecule has 1 atom stereocenters. The summed E-state index contributed by atoms with van der Waals surface area (Å²) in [4.78, 5) is 11.9. The monoisotopic (exact) mass is 257 g/mol. The number of nitrogens with zero attached hydrogens (tertiary/aromatic N) is 2. The minimum Gasteiger partial charge on any atom is -0.610 e. The molecule has 0 fully saturated rings. The predicted octanol–water partition coefficient (Wildman–Crippen LogP) is 2.36. The Kier molecular flexibility index (Phi) is 2.77. The van der Waals surface area contributed by atoms with E-state index in [1.165, 1.54) is 0 Å². The van der Waals surface area contributed by atoms with E-state index in [1.807, 2.05) is 36.4 Å². The summed E-state index contributed by atoms with van der Waals surface area (Å²) in [5, 5.41) is 0.552. The van der Waals surface area contributed by atoms with Crippen LogP contribution in [0.5, 0.6) is 0 Å². The second-order valence-electron chi connectivity index (χ2n) is 3.91. The van der Waals surface area contributed by atoms with Crippen molar-refractivity contribution in [2.24, 2.45) is 0 Å². The molecule has 0 aliphatic heterocycles. The molecule has 3 aromatic rings. The van der Waals surface area contributed by atoms with Gasteiger partial charge < -0.3 is 9.54 Å². The zero-order valence-corrected chi connectivity index (χ0v) is 10.6. The number of pyridine rings is 1. The Morgan fingerprint density at radius 3 is 2.78 bits per heavy atom. The van der Waals surface area contributed by atoms with Gasteiger partial charge in [-0.3, -0.25) is 0 Å². The van der Waals surface area contributed by atoms with Crippen LogP contribution in [0.15, 0.2) is 47.6 Å². The van der Waals surface area contributed by atoms with Crippen molar-refractivity contribution < 1.29 is 4.55 Å².